The van der Waals surface area contributed by atoms with Crippen molar-refractivity contribution in [3.63, 3.8) is 0 Å². The zero-order valence-corrected chi connectivity index (χ0v) is 21.8. The average Bonchev–Trinajstić information content (AvgIpc) is 3.08. The molecular weight excluding hydrogens is 448 g/mol. The summed E-state index contributed by atoms with van der Waals surface area (Å²) in [4.78, 5) is 53.3. The Labute approximate surface area is 206 Å². The van der Waals surface area contributed by atoms with Gasteiger partial charge >= 0.3 is 11.9 Å². The maximum Gasteiger partial charge on any atom is 0.340 e. The zero-order chi connectivity index (χ0) is 26.5. The summed E-state index contributed by atoms with van der Waals surface area (Å²) in [5.74, 6) is -2.38. The minimum Gasteiger partial charge on any atom is -0.462 e. The standard InChI is InChI=1S/C27H36N2O6/c1-9-34-25(32)21-16(4)23(28-17(21)5)20(30)14-35-26(33)22(15(2)3)29-24(31)18-10-12-19(13-11-18)27(6,7)8/h10-13,15,22,28H,9,14H2,1-8H3,(H,29,31). The first-order valence-electron chi connectivity index (χ1n) is 11.7. The Bertz CT molecular complexity index is 1090. The lowest BCUT2D eigenvalue weighted by Gasteiger charge is -2.22. The summed E-state index contributed by atoms with van der Waals surface area (Å²) < 4.78 is 10.3. The lowest BCUT2D eigenvalue weighted by atomic mass is 9.86. The fraction of sp³-hybridized carbons (Fsp3) is 0.481. The Morgan fingerprint density at radius 2 is 1.60 bits per heavy atom. The molecule has 0 radical (unpaired) electrons. The van der Waals surface area contributed by atoms with E-state index in [1.54, 1.807) is 46.8 Å². The van der Waals surface area contributed by atoms with E-state index in [0.717, 1.165) is 5.56 Å². The van der Waals surface area contributed by atoms with Crippen molar-refractivity contribution in [2.24, 2.45) is 5.92 Å². The second-order valence-electron chi connectivity index (χ2n) is 9.90. The van der Waals surface area contributed by atoms with Gasteiger partial charge in [0.05, 0.1) is 17.9 Å². The molecular formula is C27H36N2O6. The zero-order valence-electron chi connectivity index (χ0n) is 21.8. The number of ketones is 1. The molecule has 35 heavy (non-hydrogen) atoms. The molecule has 1 amide bonds. The molecule has 0 saturated heterocycles. The first-order valence-corrected chi connectivity index (χ1v) is 11.7. The number of Topliss-reactive ketones (excluding diaryl/α,β-unsaturated/α-hetero) is 1. The largest absolute Gasteiger partial charge is 0.462 e. The summed E-state index contributed by atoms with van der Waals surface area (Å²) in [5, 5.41) is 2.71. The van der Waals surface area contributed by atoms with Gasteiger partial charge in [0.1, 0.15) is 6.04 Å². The van der Waals surface area contributed by atoms with Crippen LogP contribution in [-0.2, 0) is 19.7 Å². The summed E-state index contributed by atoms with van der Waals surface area (Å²) in [7, 11) is 0. The number of nitrogens with one attached hydrogen (secondary N) is 2. The number of aromatic nitrogens is 1. The van der Waals surface area contributed by atoms with Crippen LogP contribution >= 0.6 is 0 Å². The van der Waals surface area contributed by atoms with Gasteiger partial charge in [-0.2, -0.15) is 0 Å². The summed E-state index contributed by atoms with van der Waals surface area (Å²) in [6, 6.07) is 6.29. The van der Waals surface area contributed by atoms with E-state index < -0.39 is 36.3 Å². The number of hydrogen-bond acceptors (Lipinski definition) is 6. The number of rotatable bonds is 9. The van der Waals surface area contributed by atoms with E-state index >= 15 is 0 Å². The van der Waals surface area contributed by atoms with E-state index in [0.29, 0.717) is 22.4 Å². The summed E-state index contributed by atoms with van der Waals surface area (Å²) in [5.41, 5.74) is 2.90. The number of H-pyrrole nitrogens is 1. The third-order valence-electron chi connectivity index (χ3n) is 5.76. The quantitative estimate of drug-likeness (QED) is 0.405. The number of ether oxygens (including phenoxy) is 2. The minimum absolute atomic E-state index is 0.0427. The number of benzene rings is 1. The molecule has 8 nitrogen and oxygen atoms in total. The molecule has 2 N–H and O–H groups in total. The molecule has 1 aromatic carbocycles. The molecule has 0 bridgehead atoms. The number of esters is 2. The smallest absolute Gasteiger partial charge is 0.340 e. The van der Waals surface area contributed by atoms with Crippen molar-refractivity contribution in [1.82, 2.24) is 10.3 Å². The van der Waals surface area contributed by atoms with Crippen molar-refractivity contribution in [1.29, 1.82) is 0 Å². The summed E-state index contributed by atoms with van der Waals surface area (Å²) in [6.45, 7) is 14.5. The second kappa shape index (κ2) is 11.3. The fourth-order valence-corrected chi connectivity index (χ4v) is 3.68. The van der Waals surface area contributed by atoms with Gasteiger partial charge in [-0.25, -0.2) is 9.59 Å². The van der Waals surface area contributed by atoms with Crippen LogP contribution in [0.15, 0.2) is 24.3 Å². The van der Waals surface area contributed by atoms with Crippen molar-refractivity contribution in [2.45, 2.75) is 66.8 Å². The molecule has 2 aromatic rings. The fourth-order valence-electron chi connectivity index (χ4n) is 3.68. The molecule has 0 fully saturated rings. The lowest BCUT2D eigenvalue weighted by Crippen LogP contribution is -2.45. The molecule has 0 saturated carbocycles. The predicted octanol–water partition coefficient (Wildman–Crippen LogP) is 4.29. The maximum atomic E-state index is 12.8. The number of aryl methyl sites for hydroxylation is 1. The van der Waals surface area contributed by atoms with Gasteiger partial charge in [0.25, 0.3) is 5.91 Å². The number of carbonyl (C=O) groups is 4. The van der Waals surface area contributed by atoms with Gasteiger partial charge < -0.3 is 19.8 Å². The normalized spacial score (nSPS) is 12.3. The number of hydrogen-bond donors (Lipinski definition) is 2. The van der Waals surface area contributed by atoms with Crippen LogP contribution in [0.4, 0.5) is 0 Å². The van der Waals surface area contributed by atoms with Gasteiger partial charge in [-0.15, -0.1) is 0 Å². The van der Waals surface area contributed by atoms with Crippen LogP contribution in [0.25, 0.3) is 0 Å². The van der Waals surface area contributed by atoms with Crippen LogP contribution in [-0.4, -0.2) is 47.9 Å². The summed E-state index contributed by atoms with van der Waals surface area (Å²) >= 11 is 0. The number of amides is 1. The van der Waals surface area contributed by atoms with Crippen LogP contribution in [0.1, 0.15) is 89.6 Å². The minimum atomic E-state index is -0.931. The molecule has 0 aliphatic carbocycles. The van der Waals surface area contributed by atoms with E-state index in [1.165, 1.54) is 0 Å². The molecule has 1 unspecified atom stereocenters. The van der Waals surface area contributed by atoms with Gasteiger partial charge in [-0.3, -0.25) is 9.59 Å². The predicted molar refractivity (Wildman–Crippen MR) is 133 cm³/mol. The van der Waals surface area contributed by atoms with E-state index in [2.05, 4.69) is 31.1 Å². The molecule has 0 aliphatic heterocycles. The highest BCUT2D eigenvalue weighted by molar-refractivity contribution is 6.03. The van der Waals surface area contributed by atoms with Crippen molar-refractivity contribution >= 4 is 23.6 Å². The maximum absolute atomic E-state index is 12.8. The van der Waals surface area contributed by atoms with Gasteiger partial charge in [0.15, 0.2) is 6.61 Å². The molecule has 0 spiro atoms. The molecule has 8 heteroatoms. The van der Waals surface area contributed by atoms with Crippen LogP contribution in [0.2, 0.25) is 0 Å². The SMILES string of the molecule is CCOC(=O)c1c(C)[nH]c(C(=O)COC(=O)C(NC(=O)c2ccc(C(C)(C)C)cc2)C(C)C)c1C. The van der Waals surface area contributed by atoms with Crippen molar-refractivity contribution in [2.75, 3.05) is 13.2 Å². The molecule has 1 aromatic heterocycles. The Morgan fingerprint density at radius 3 is 2.11 bits per heavy atom. The molecule has 1 heterocycles. The monoisotopic (exact) mass is 484 g/mol. The van der Waals surface area contributed by atoms with Crippen LogP contribution in [0, 0.1) is 19.8 Å². The third kappa shape index (κ3) is 6.81. The lowest BCUT2D eigenvalue weighted by molar-refractivity contribution is -0.145. The Morgan fingerprint density at radius 1 is 1.00 bits per heavy atom. The molecule has 190 valence electrons. The molecule has 2 rings (SSSR count). The highest BCUT2D eigenvalue weighted by Gasteiger charge is 2.28. The number of carbonyl (C=O) groups excluding carboxylic acids is 4. The second-order valence-corrected chi connectivity index (χ2v) is 9.90. The average molecular weight is 485 g/mol. The highest BCUT2D eigenvalue weighted by Crippen LogP contribution is 2.22. The summed E-state index contributed by atoms with van der Waals surface area (Å²) in [6.07, 6.45) is 0. The van der Waals surface area contributed by atoms with E-state index in [9.17, 15) is 19.2 Å². The molecule has 0 aliphatic rings. The van der Waals surface area contributed by atoms with Crippen LogP contribution in [0.5, 0.6) is 0 Å². The van der Waals surface area contributed by atoms with Gasteiger partial charge in [0.2, 0.25) is 5.78 Å². The topological polar surface area (TPSA) is 115 Å². The van der Waals surface area contributed by atoms with Crippen molar-refractivity contribution in [3.05, 3.63) is 57.9 Å². The first-order chi connectivity index (χ1) is 16.3. The van der Waals surface area contributed by atoms with Gasteiger partial charge in [-0.05, 0) is 55.4 Å². The first kappa shape index (κ1) is 27.8. The van der Waals surface area contributed by atoms with E-state index in [1.807, 2.05) is 12.1 Å². The highest BCUT2D eigenvalue weighted by atomic mass is 16.5. The Hall–Kier alpha value is -3.42. The third-order valence-corrected chi connectivity index (χ3v) is 5.76. The van der Waals surface area contributed by atoms with Crippen LogP contribution in [0.3, 0.4) is 0 Å². The Kier molecular flexibility index (Phi) is 9.01. The van der Waals surface area contributed by atoms with Gasteiger partial charge in [0, 0.05) is 11.3 Å². The molecule has 1 atom stereocenters. The van der Waals surface area contributed by atoms with Crippen LogP contribution < -0.4 is 5.32 Å². The van der Waals surface area contributed by atoms with E-state index in [-0.39, 0.29) is 23.6 Å². The number of aromatic amines is 1. The van der Waals surface area contributed by atoms with Crippen molar-refractivity contribution in [3.8, 4) is 0 Å². The van der Waals surface area contributed by atoms with Gasteiger partial charge in [-0.1, -0.05) is 46.8 Å². The van der Waals surface area contributed by atoms with E-state index in [4.69, 9.17) is 9.47 Å². The Balaban J connectivity index is 2.07. The van der Waals surface area contributed by atoms with Crippen molar-refractivity contribution < 1.29 is 28.7 Å².